The van der Waals surface area contributed by atoms with Crippen LogP contribution in [0.3, 0.4) is 0 Å². The number of amides is 2. The van der Waals surface area contributed by atoms with Crippen LogP contribution in [-0.4, -0.2) is 37.1 Å². The number of nitrogens with one attached hydrogen (secondary N) is 2. The minimum absolute atomic E-state index is 0.0283. The van der Waals surface area contributed by atoms with Gasteiger partial charge in [0.25, 0.3) is 11.8 Å². The molecule has 2 aromatic rings. The maximum Gasteiger partial charge on any atom is 0.416 e. The average Bonchev–Trinajstić information content (AvgIpc) is 2.65. The van der Waals surface area contributed by atoms with Crippen LogP contribution in [0.5, 0.6) is 0 Å². The van der Waals surface area contributed by atoms with Gasteiger partial charge in [-0.2, -0.15) is 13.2 Å². The maximum absolute atomic E-state index is 12.6. The summed E-state index contributed by atoms with van der Waals surface area (Å²) in [7, 11) is 1.56. The van der Waals surface area contributed by atoms with Crippen molar-refractivity contribution in [3.8, 4) is 0 Å². The number of aromatic nitrogens is 1. The predicted octanol–water partition coefficient (Wildman–Crippen LogP) is 3.12. The minimum atomic E-state index is -4.45. The SMILES string of the molecule is COCCCNC(=O)c1cccc(C(=O)Nc2ccc(C(F)(F)F)cc2)n1. The molecular formula is C18H18F3N3O3. The summed E-state index contributed by atoms with van der Waals surface area (Å²) in [6.07, 6.45) is -3.81. The zero-order valence-corrected chi connectivity index (χ0v) is 14.5. The molecule has 0 unspecified atom stereocenters. The Morgan fingerprint density at radius 2 is 1.67 bits per heavy atom. The number of carbonyl (C=O) groups is 2. The number of ether oxygens (including phenoxy) is 1. The third kappa shape index (κ3) is 6.07. The standard InChI is InChI=1S/C18H18F3N3O3/c1-27-11-3-10-22-16(25)14-4-2-5-15(24-14)17(26)23-13-8-6-12(7-9-13)18(19,20)21/h2,4-9H,3,10-11H2,1H3,(H,22,25)(H,23,26). The fourth-order valence-corrected chi connectivity index (χ4v) is 2.13. The Bertz CT molecular complexity index is 792. The lowest BCUT2D eigenvalue weighted by Gasteiger charge is -2.09. The summed E-state index contributed by atoms with van der Waals surface area (Å²) >= 11 is 0. The number of halogens is 3. The maximum atomic E-state index is 12.6. The van der Waals surface area contributed by atoms with Gasteiger partial charge >= 0.3 is 6.18 Å². The molecule has 2 amide bonds. The second kappa shape index (κ2) is 9.13. The van der Waals surface area contributed by atoms with Gasteiger partial charge in [-0.3, -0.25) is 9.59 Å². The predicted molar refractivity (Wildman–Crippen MR) is 92.5 cm³/mol. The molecule has 6 nitrogen and oxygen atoms in total. The Hall–Kier alpha value is -2.94. The molecule has 0 atom stereocenters. The molecule has 1 aromatic heterocycles. The largest absolute Gasteiger partial charge is 0.416 e. The van der Waals surface area contributed by atoms with E-state index in [-0.39, 0.29) is 17.1 Å². The van der Waals surface area contributed by atoms with Crippen molar-refractivity contribution in [1.29, 1.82) is 0 Å². The molecular weight excluding hydrogens is 363 g/mol. The van der Waals surface area contributed by atoms with Crippen LogP contribution in [0.1, 0.15) is 33.0 Å². The molecule has 0 fully saturated rings. The molecule has 1 heterocycles. The molecule has 1 aromatic carbocycles. The van der Waals surface area contributed by atoms with Crippen LogP contribution >= 0.6 is 0 Å². The van der Waals surface area contributed by atoms with Crippen LogP contribution < -0.4 is 10.6 Å². The molecule has 0 bridgehead atoms. The van der Waals surface area contributed by atoms with Gasteiger partial charge in [0.1, 0.15) is 11.4 Å². The number of nitrogens with zero attached hydrogens (tertiary/aromatic N) is 1. The summed E-state index contributed by atoms with van der Waals surface area (Å²) in [5, 5.41) is 5.10. The van der Waals surface area contributed by atoms with Gasteiger partial charge in [-0.1, -0.05) is 6.07 Å². The van der Waals surface area contributed by atoms with Crippen molar-refractivity contribution >= 4 is 17.5 Å². The van der Waals surface area contributed by atoms with E-state index in [1.54, 1.807) is 7.11 Å². The first-order valence-electron chi connectivity index (χ1n) is 8.04. The first-order valence-corrected chi connectivity index (χ1v) is 8.04. The summed E-state index contributed by atoms with van der Waals surface area (Å²) in [6.45, 7) is 0.902. The van der Waals surface area contributed by atoms with Crippen molar-refractivity contribution in [1.82, 2.24) is 10.3 Å². The van der Waals surface area contributed by atoms with E-state index >= 15 is 0 Å². The number of anilines is 1. The molecule has 2 rings (SSSR count). The number of methoxy groups -OCH3 is 1. The Labute approximate surface area is 153 Å². The van der Waals surface area contributed by atoms with Gasteiger partial charge in [0.2, 0.25) is 0 Å². The third-order valence-electron chi connectivity index (χ3n) is 3.50. The van der Waals surface area contributed by atoms with Crippen LogP contribution in [0.25, 0.3) is 0 Å². The molecule has 0 aliphatic heterocycles. The first kappa shape index (κ1) is 20.4. The van der Waals surface area contributed by atoms with E-state index in [1.807, 2.05) is 0 Å². The lowest BCUT2D eigenvalue weighted by atomic mass is 10.2. The van der Waals surface area contributed by atoms with Gasteiger partial charge < -0.3 is 15.4 Å². The highest BCUT2D eigenvalue weighted by Gasteiger charge is 2.30. The summed E-state index contributed by atoms with van der Waals surface area (Å²) in [6, 6.07) is 8.39. The number of hydrogen-bond donors (Lipinski definition) is 2. The van der Waals surface area contributed by atoms with Crippen LogP contribution in [0.2, 0.25) is 0 Å². The Kier molecular flexibility index (Phi) is 6.89. The van der Waals surface area contributed by atoms with E-state index < -0.39 is 23.6 Å². The van der Waals surface area contributed by atoms with E-state index in [4.69, 9.17) is 4.74 Å². The topological polar surface area (TPSA) is 80.3 Å². The van der Waals surface area contributed by atoms with Gasteiger partial charge in [0.15, 0.2) is 0 Å². The molecule has 0 aliphatic rings. The molecule has 0 saturated heterocycles. The number of hydrogen-bond acceptors (Lipinski definition) is 4. The molecule has 27 heavy (non-hydrogen) atoms. The molecule has 0 aliphatic carbocycles. The lowest BCUT2D eigenvalue weighted by Crippen LogP contribution is -2.27. The quantitative estimate of drug-likeness (QED) is 0.723. The van der Waals surface area contributed by atoms with Gasteiger partial charge in [-0.25, -0.2) is 4.98 Å². The second-order valence-corrected chi connectivity index (χ2v) is 5.54. The van der Waals surface area contributed by atoms with E-state index in [0.717, 1.165) is 24.3 Å². The third-order valence-corrected chi connectivity index (χ3v) is 3.50. The Morgan fingerprint density at radius 3 is 2.26 bits per heavy atom. The highest BCUT2D eigenvalue weighted by molar-refractivity contribution is 6.03. The van der Waals surface area contributed by atoms with E-state index in [9.17, 15) is 22.8 Å². The molecule has 0 radical (unpaired) electrons. The molecule has 144 valence electrons. The number of benzene rings is 1. The zero-order valence-electron chi connectivity index (χ0n) is 14.5. The molecule has 9 heteroatoms. The van der Waals surface area contributed by atoms with Crippen LogP contribution in [0.4, 0.5) is 18.9 Å². The molecule has 0 saturated carbocycles. The lowest BCUT2D eigenvalue weighted by molar-refractivity contribution is -0.137. The van der Waals surface area contributed by atoms with Gasteiger partial charge in [0.05, 0.1) is 5.56 Å². The summed E-state index contributed by atoms with van der Waals surface area (Å²) in [5.41, 5.74) is -0.595. The summed E-state index contributed by atoms with van der Waals surface area (Å²) in [4.78, 5) is 28.2. The first-order chi connectivity index (χ1) is 12.8. The van der Waals surface area contributed by atoms with Crippen molar-refractivity contribution in [3.05, 3.63) is 59.4 Å². The normalized spacial score (nSPS) is 11.1. The molecule has 0 spiro atoms. The van der Waals surface area contributed by atoms with Gasteiger partial charge in [-0.05, 0) is 42.8 Å². The van der Waals surface area contributed by atoms with E-state index in [2.05, 4.69) is 15.6 Å². The van der Waals surface area contributed by atoms with Crippen LogP contribution in [-0.2, 0) is 10.9 Å². The Morgan fingerprint density at radius 1 is 1.04 bits per heavy atom. The highest BCUT2D eigenvalue weighted by Crippen LogP contribution is 2.29. The minimum Gasteiger partial charge on any atom is -0.385 e. The van der Waals surface area contributed by atoms with Crippen molar-refractivity contribution in [2.24, 2.45) is 0 Å². The number of carbonyl (C=O) groups excluding carboxylic acids is 2. The number of rotatable bonds is 7. The van der Waals surface area contributed by atoms with Crippen LogP contribution in [0.15, 0.2) is 42.5 Å². The van der Waals surface area contributed by atoms with Gasteiger partial charge in [-0.15, -0.1) is 0 Å². The average molecular weight is 381 g/mol. The fraction of sp³-hybridized carbons (Fsp3) is 0.278. The highest BCUT2D eigenvalue weighted by atomic mass is 19.4. The number of pyridine rings is 1. The van der Waals surface area contributed by atoms with Crippen molar-refractivity contribution in [3.63, 3.8) is 0 Å². The summed E-state index contributed by atoms with van der Waals surface area (Å²) in [5.74, 6) is -1.07. The van der Waals surface area contributed by atoms with Crippen molar-refractivity contribution < 1.29 is 27.5 Å². The number of alkyl halides is 3. The fourth-order valence-electron chi connectivity index (χ4n) is 2.13. The smallest absolute Gasteiger partial charge is 0.385 e. The van der Waals surface area contributed by atoms with E-state index in [1.165, 1.54) is 18.2 Å². The van der Waals surface area contributed by atoms with Crippen molar-refractivity contribution in [2.45, 2.75) is 12.6 Å². The molecule has 2 N–H and O–H groups in total. The zero-order chi connectivity index (χ0) is 19.9. The van der Waals surface area contributed by atoms with Crippen LogP contribution in [0, 0.1) is 0 Å². The van der Waals surface area contributed by atoms with Gasteiger partial charge in [0, 0.05) is 25.9 Å². The second-order valence-electron chi connectivity index (χ2n) is 5.54. The monoisotopic (exact) mass is 381 g/mol. The summed E-state index contributed by atoms with van der Waals surface area (Å²) < 4.78 is 42.5. The van der Waals surface area contributed by atoms with E-state index in [0.29, 0.717) is 19.6 Å². The Balaban J connectivity index is 2.01. The van der Waals surface area contributed by atoms with Crippen molar-refractivity contribution in [2.75, 3.05) is 25.6 Å².